The van der Waals surface area contributed by atoms with Gasteiger partial charge in [0, 0.05) is 18.5 Å². The minimum absolute atomic E-state index is 0.595. The highest BCUT2D eigenvalue weighted by Crippen LogP contribution is 2.03. The summed E-state index contributed by atoms with van der Waals surface area (Å²) in [5.41, 5.74) is 0. The van der Waals surface area contributed by atoms with Crippen molar-refractivity contribution in [2.75, 3.05) is 32.2 Å². The van der Waals surface area contributed by atoms with E-state index in [0.29, 0.717) is 18.5 Å². The van der Waals surface area contributed by atoms with Crippen LogP contribution < -0.4 is 0 Å². The normalized spacial score (nSPS) is 11.6. The first-order valence-corrected chi connectivity index (χ1v) is 6.63. The topological polar surface area (TPSA) is 12.5 Å². The minimum atomic E-state index is 0.595. The number of ether oxygens (including phenoxy) is 1. The lowest BCUT2D eigenvalue weighted by Gasteiger charge is -2.26. The molecule has 15 heavy (non-hydrogen) atoms. The molecule has 0 heterocycles. The molecule has 0 amide bonds. The maximum Gasteiger partial charge on any atom is 0.0602 e. The van der Waals surface area contributed by atoms with Crippen LogP contribution in [0.15, 0.2) is 0 Å². The summed E-state index contributed by atoms with van der Waals surface area (Å²) >= 11 is 5.54. The predicted octanol–water partition coefficient (Wildman–Crippen LogP) is 3.14. The summed E-state index contributed by atoms with van der Waals surface area (Å²) in [6.07, 6.45) is 3.91. The Morgan fingerprint density at radius 2 is 1.87 bits per heavy atom. The Morgan fingerprint density at radius 3 is 2.40 bits per heavy atom. The van der Waals surface area contributed by atoms with Crippen molar-refractivity contribution in [3.63, 3.8) is 0 Å². The predicted molar refractivity (Wildman–Crippen MR) is 67.8 cm³/mol. The molecule has 0 N–H and O–H groups in total. The van der Waals surface area contributed by atoms with Gasteiger partial charge in [0.25, 0.3) is 0 Å². The third-order valence-electron chi connectivity index (χ3n) is 2.52. The molecule has 0 aliphatic carbocycles. The summed E-state index contributed by atoms with van der Waals surface area (Å²) in [7, 11) is 0. The van der Waals surface area contributed by atoms with Crippen LogP contribution in [0.25, 0.3) is 0 Å². The number of unbranched alkanes of at least 4 members (excludes halogenated alkanes) is 2. The average Bonchev–Trinajstić information content (AvgIpc) is 2.21. The molecule has 2 nitrogen and oxygen atoms in total. The van der Waals surface area contributed by atoms with E-state index in [9.17, 15) is 0 Å². The van der Waals surface area contributed by atoms with Gasteiger partial charge in [-0.25, -0.2) is 0 Å². The SMILES string of the molecule is CCCCCN(CCOCCCl)C(C)C. The van der Waals surface area contributed by atoms with Gasteiger partial charge in [-0.3, -0.25) is 4.90 Å². The molecule has 0 bridgehead atoms. The van der Waals surface area contributed by atoms with Crippen molar-refractivity contribution in [3.8, 4) is 0 Å². The molecule has 0 spiro atoms. The molecule has 0 aromatic heterocycles. The van der Waals surface area contributed by atoms with E-state index in [2.05, 4.69) is 25.7 Å². The number of hydrogen-bond donors (Lipinski definition) is 0. The number of halogens is 1. The molecule has 3 heteroatoms. The largest absolute Gasteiger partial charge is 0.379 e. The third kappa shape index (κ3) is 9.16. The molecule has 92 valence electrons. The monoisotopic (exact) mass is 235 g/mol. The van der Waals surface area contributed by atoms with Crippen LogP contribution in [0.4, 0.5) is 0 Å². The van der Waals surface area contributed by atoms with E-state index >= 15 is 0 Å². The molecule has 0 aromatic rings. The summed E-state index contributed by atoms with van der Waals surface area (Å²) in [5.74, 6) is 0.595. The summed E-state index contributed by atoms with van der Waals surface area (Å²) < 4.78 is 5.40. The van der Waals surface area contributed by atoms with Crippen molar-refractivity contribution in [2.45, 2.75) is 46.1 Å². The first-order chi connectivity index (χ1) is 7.22. The highest BCUT2D eigenvalue weighted by Gasteiger charge is 2.07. The molecule has 0 saturated carbocycles. The van der Waals surface area contributed by atoms with E-state index in [0.717, 1.165) is 13.2 Å². The van der Waals surface area contributed by atoms with Crippen molar-refractivity contribution >= 4 is 11.6 Å². The van der Waals surface area contributed by atoms with Gasteiger partial charge in [-0.2, -0.15) is 0 Å². The maximum atomic E-state index is 5.54. The molecule has 0 aromatic carbocycles. The van der Waals surface area contributed by atoms with Gasteiger partial charge in [0.1, 0.15) is 0 Å². The van der Waals surface area contributed by atoms with Gasteiger partial charge in [0.05, 0.1) is 13.2 Å². The molecule has 0 unspecified atom stereocenters. The molecule has 0 fully saturated rings. The Hall–Kier alpha value is 0.210. The van der Waals surface area contributed by atoms with Crippen LogP contribution in [-0.4, -0.2) is 43.1 Å². The number of nitrogens with zero attached hydrogens (tertiary/aromatic N) is 1. The van der Waals surface area contributed by atoms with E-state index in [1.165, 1.54) is 25.8 Å². The van der Waals surface area contributed by atoms with E-state index in [4.69, 9.17) is 16.3 Å². The number of hydrogen-bond acceptors (Lipinski definition) is 2. The lowest BCUT2D eigenvalue weighted by atomic mass is 10.2. The molecule has 0 aliphatic rings. The maximum absolute atomic E-state index is 5.54. The zero-order valence-electron chi connectivity index (χ0n) is 10.5. The molecule has 0 rings (SSSR count). The first kappa shape index (κ1) is 15.2. The Morgan fingerprint density at radius 1 is 1.13 bits per heavy atom. The zero-order valence-corrected chi connectivity index (χ0v) is 11.2. The van der Waals surface area contributed by atoms with E-state index in [1.807, 2.05) is 0 Å². The molecule has 0 aliphatic heterocycles. The van der Waals surface area contributed by atoms with E-state index in [-0.39, 0.29) is 0 Å². The average molecular weight is 236 g/mol. The Bertz CT molecular complexity index is 131. The van der Waals surface area contributed by atoms with Crippen LogP contribution in [0.5, 0.6) is 0 Å². The van der Waals surface area contributed by atoms with Gasteiger partial charge in [0.2, 0.25) is 0 Å². The molecular formula is C12H26ClNO. The highest BCUT2D eigenvalue weighted by atomic mass is 35.5. The van der Waals surface area contributed by atoms with Gasteiger partial charge in [0.15, 0.2) is 0 Å². The summed E-state index contributed by atoms with van der Waals surface area (Å²) in [6, 6.07) is 0.612. The molecular weight excluding hydrogens is 210 g/mol. The lowest BCUT2D eigenvalue weighted by molar-refractivity contribution is 0.101. The first-order valence-electron chi connectivity index (χ1n) is 6.10. The van der Waals surface area contributed by atoms with Gasteiger partial charge >= 0.3 is 0 Å². The zero-order chi connectivity index (χ0) is 11.5. The van der Waals surface area contributed by atoms with Crippen molar-refractivity contribution in [3.05, 3.63) is 0 Å². The van der Waals surface area contributed by atoms with Gasteiger partial charge < -0.3 is 4.74 Å². The third-order valence-corrected chi connectivity index (χ3v) is 2.68. The van der Waals surface area contributed by atoms with Crippen LogP contribution in [0.2, 0.25) is 0 Å². The second-order valence-electron chi connectivity index (χ2n) is 4.14. The van der Waals surface area contributed by atoms with E-state index in [1.54, 1.807) is 0 Å². The van der Waals surface area contributed by atoms with Crippen LogP contribution >= 0.6 is 11.6 Å². The van der Waals surface area contributed by atoms with Crippen molar-refractivity contribution in [1.82, 2.24) is 4.90 Å². The summed E-state index contributed by atoms with van der Waals surface area (Å²) in [5, 5.41) is 0. The fourth-order valence-corrected chi connectivity index (χ4v) is 1.64. The number of alkyl halides is 1. The summed E-state index contributed by atoms with van der Waals surface area (Å²) in [6.45, 7) is 10.4. The standard InChI is InChI=1S/C12H26ClNO/c1-4-5-6-8-14(12(2)3)9-11-15-10-7-13/h12H,4-11H2,1-3H3. The smallest absolute Gasteiger partial charge is 0.0602 e. The van der Waals surface area contributed by atoms with Crippen LogP contribution in [0.1, 0.15) is 40.0 Å². The van der Waals surface area contributed by atoms with E-state index < -0.39 is 0 Å². The quantitative estimate of drug-likeness (QED) is 0.426. The Balaban J connectivity index is 3.54. The Labute approximate surface area is 99.9 Å². The fraction of sp³-hybridized carbons (Fsp3) is 1.00. The molecule has 0 atom stereocenters. The second kappa shape index (κ2) is 10.7. The lowest BCUT2D eigenvalue weighted by Crippen LogP contribution is -2.34. The van der Waals surface area contributed by atoms with Crippen molar-refractivity contribution in [2.24, 2.45) is 0 Å². The Kier molecular flexibility index (Phi) is 10.9. The van der Waals surface area contributed by atoms with Crippen molar-refractivity contribution < 1.29 is 4.74 Å². The van der Waals surface area contributed by atoms with Crippen LogP contribution in [0.3, 0.4) is 0 Å². The molecule has 0 radical (unpaired) electrons. The summed E-state index contributed by atoms with van der Waals surface area (Å²) in [4.78, 5) is 2.48. The van der Waals surface area contributed by atoms with Crippen molar-refractivity contribution in [1.29, 1.82) is 0 Å². The van der Waals surface area contributed by atoms with Gasteiger partial charge in [-0.1, -0.05) is 19.8 Å². The van der Waals surface area contributed by atoms with Gasteiger partial charge in [-0.05, 0) is 26.8 Å². The second-order valence-corrected chi connectivity index (χ2v) is 4.52. The minimum Gasteiger partial charge on any atom is -0.379 e. The fourth-order valence-electron chi connectivity index (χ4n) is 1.53. The van der Waals surface area contributed by atoms with Crippen LogP contribution in [0, 0.1) is 0 Å². The van der Waals surface area contributed by atoms with Gasteiger partial charge in [-0.15, -0.1) is 11.6 Å². The number of rotatable bonds is 10. The highest BCUT2D eigenvalue weighted by molar-refractivity contribution is 6.17. The van der Waals surface area contributed by atoms with Crippen LogP contribution in [-0.2, 0) is 4.74 Å². The molecule has 0 saturated heterocycles.